The number of rotatable bonds is 2. The Bertz CT molecular complexity index is 478. The predicted molar refractivity (Wildman–Crippen MR) is 77.4 cm³/mol. The summed E-state index contributed by atoms with van der Waals surface area (Å²) in [7, 11) is 0. The van der Waals surface area contributed by atoms with Crippen molar-refractivity contribution >= 4 is 0 Å². The average molecular weight is 270 g/mol. The summed E-state index contributed by atoms with van der Waals surface area (Å²) >= 11 is 0. The fraction of sp³-hybridized carbons (Fsp3) is 0.714. The van der Waals surface area contributed by atoms with Crippen molar-refractivity contribution in [2.75, 3.05) is 0 Å². The van der Waals surface area contributed by atoms with Crippen molar-refractivity contribution in [1.29, 1.82) is 0 Å². The molecule has 110 valence electrons. The van der Waals surface area contributed by atoms with Crippen molar-refractivity contribution < 1.29 is 4.74 Å². The number of hydrogen-bond acceptors (Lipinski definition) is 3. The summed E-state index contributed by atoms with van der Waals surface area (Å²) in [5, 5.41) is 0. The Kier molecular flexibility index (Phi) is 7.37. The lowest BCUT2D eigenvalue weighted by atomic mass is 10.0. The van der Waals surface area contributed by atoms with Gasteiger partial charge in [0.2, 0.25) is 0 Å². The smallest absolute Gasteiger partial charge is 0.330 e. The predicted octanol–water partition coefficient (Wildman–Crippen LogP) is 2.53. The van der Waals surface area contributed by atoms with Gasteiger partial charge in [-0.3, -0.25) is 14.3 Å². The highest BCUT2D eigenvalue weighted by molar-refractivity contribution is 4.87. The van der Waals surface area contributed by atoms with Gasteiger partial charge in [0, 0.05) is 18.2 Å². The van der Waals surface area contributed by atoms with E-state index >= 15 is 0 Å². The molecular weight excluding hydrogens is 244 g/mol. The zero-order valence-electron chi connectivity index (χ0n) is 11.5. The highest BCUT2D eigenvalue weighted by atomic mass is 16.5. The molecule has 5 nitrogen and oxygen atoms in total. The second kappa shape index (κ2) is 7.94. The topological polar surface area (TPSA) is 64.1 Å². The van der Waals surface area contributed by atoms with E-state index in [9.17, 15) is 9.59 Å². The molecule has 19 heavy (non-hydrogen) atoms. The van der Waals surface area contributed by atoms with Gasteiger partial charge < -0.3 is 4.74 Å². The van der Waals surface area contributed by atoms with E-state index in [0.29, 0.717) is 0 Å². The first kappa shape index (κ1) is 17.6. The van der Waals surface area contributed by atoms with Crippen LogP contribution in [0.5, 0.6) is 0 Å². The van der Waals surface area contributed by atoms with Crippen molar-refractivity contribution in [3.8, 4) is 0 Å². The summed E-state index contributed by atoms with van der Waals surface area (Å²) in [6.45, 7) is 8.12. The molecule has 2 rings (SSSR count). The minimum Gasteiger partial charge on any atom is -0.354 e. The number of aromatic nitrogens is 2. The Hall–Kier alpha value is -1.36. The molecule has 0 spiro atoms. The first-order valence-corrected chi connectivity index (χ1v) is 6.58. The van der Waals surface area contributed by atoms with Crippen LogP contribution in [0.15, 0.2) is 21.9 Å². The normalized spacial score (nSPS) is 25.2. The van der Waals surface area contributed by atoms with E-state index in [1.165, 1.54) is 16.8 Å². The largest absolute Gasteiger partial charge is 0.354 e. The highest BCUT2D eigenvalue weighted by Gasteiger charge is 2.32. The standard InChI is InChI=1S/C11H16N2O3.C2H6.CH4/c1-3-8-6-7(2)10(16-8)13-5-4-9(14)12-11(13)15;1-2;/h4-5,7-8,10H,3,6H2,1-2H3,(H,12,14,15);1-2H3;1H4. The van der Waals surface area contributed by atoms with Crippen molar-refractivity contribution in [2.45, 2.75) is 60.3 Å². The van der Waals surface area contributed by atoms with Crippen LogP contribution in [0.4, 0.5) is 0 Å². The molecule has 0 aromatic carbocycles. The summed E-state index contributed by atoms with van der Waals surface area (Å²) in [5.41, 5.74) is -0.778. The van der Waals surface area contributed by atoms with E-state index in [0.717, 1.165) is 12.8 Å². The average Bonchev–Trinajstić information content (AvgIpc) is 2.73. The molecule has 0 saturated carbocycles. The van der Waals surface area contributed by atoms with Gasteiger partial charge in [0.25, 0.3) is 5.56 Å². The monoisotopic (exact) mass is 270 g/mol. The number of nitrogens with one attached hydrogen (secondary N) is 1. The van der Waals surface area contributed by atoms with Crippen LogP contribution in [-0.4, -0.2) is 15.7 Å². The SMILES string of the molecule is C.CC.CCC1CC(C)C(n2ccc(=O)[nH]c2=O)O1. The van der Waals surface area contributed by atoms with Gasteiger partial charge in [-0.05, 0) is 12.8 Å². The Morgan fingerprint density at radius 1 is 1.42 bits per heavy atom. The second-order valence-corrected chi connectivity index (χ2v) is 4.29. The summed E-state index contributed by atoms with van der Waals surface area (Å²) < 4.78 is 7.23. The van der Waals surface area contributed by atoms with E-state index in [4.69, 9.17) is 4.74 Å². The molecular formula is C14H26N2O3. The van der Waals surface area contributed by atoms with Crippen LogP contribution >= 0.6 is 0 Å². The summed E-state index contributed by atoms with van der Waals surface area (Å²) in [6.07, 6.45) is 3.35. The lowest BCUT2D eigenvalue weighted by Gasteiger charge is -2.17. The van der Waals surface area contributed by atoms with Gasteiger partial charge in [0.1, 0.15) is 6.23 Å². The van der Waals surface area contributed by atoms with Gasteiger partial charge in [-0.2, -0.15) is 0 Å². The quantitative estimate of drug-likeness (QED) is 0.898. The number of hydrogen-bond donors (Lipinski definition) is 1. The lowest BCUT2D eigenvalue weighted by Crippen LogP contribution is -2.33. The molecule has 1 fully saturated rings. The Morgan fingerprint density at radius 3 is 2.53 bits per heavy atom. The van der Waals surface area contributed by atoms with Gasteiger partial charge in [-0.1, -0.05) is 35.1 Å². The number of aromatic amines is 1. The third-order valence-corrected chi connectivity index (χ3v) is 3.03. The Morgan fingerprint density at radius 2 is 2.05 bits per heavy atom. The molecule has 0 radical (unpaired) electrons. The zero-order valence-corrected chi connectivity index (χ0v) is 11.5. The summed E-state index contributed by atoms with van der Waals surface area (Å²) in [6, 6.07) is 1.34. The van der Waals surface area contributed by atoms with Crippen molar-refractivity contribution in [1.82, 2.24) is 9.55 Å². The molecule has 3 atom stereocenters. The van der Waals surface area contributed by atoms with Crippen LogP contribution in [0, 0.1) is 5.92 Å². The van der Waals surface area contributed by atoms with Gasteiger partial charge in [-0.25, -0.2) is 4.79 Å². The van der Waals surface area contributed by atoms with Gasteiger partial charge in [0.05, 0.1) is 6.10 Å². The third-order valence-electron chi connectivity index (χ3n) is 3.03. The molecule has 1 aromatic rings. The van der Waals surface area contributed by atoms with Gasteiger partial charge >= 0.3 is 5.69 Å². The fourth-order valence-corrected chi connectivity index (χ4v) is 2.15. The minimum atomic E-state index is -0.402. The van der Waals surface area contributed by atoms with Crippen molar-refractivity contribution in [2.24, 2.45) is 5.92 Å². The molecule has 0 amide bonds. The highest BCUT2D eigenvalue weighted by Crippen LogP contribution is 2.33. The molecule has 2 heterocycles. The van der Waals surface area contributed by atoms with Gasteiger partial charge in [0.15, 0.2) is 0 Å². The van der Waals surface area contributed by atoms with Crippen molar-refractivity contribution in [3.05, 3.63) is 33.1 Å². The summed E-state index contributed by atoms with van der Waals surface area (Å²) in [5.74, 6) is 0.286. The second-order valence-electron chi connectivity index (χ2n) is 4.29. The van der Waals surface area contributed by atoms with E-state index in [2.05, 4.69) is 18.8 Å². The molecule has 1 N–H and O–H groups in total. The van der Waals surface area contributed by atoms with Crippen LogP contribution in [-0.2, 0) is 4.74 Å². The summed E-state index contributed by atoms with van der Waals surface area (Å²) in [4.78, 5) is 24.8. The van der Waals surface area contributed by atoms with Crippen molar-refractivity contribution in [3.63, 3.8) is 0 Å². The van der Waals surface area contributed by atoms with E-state index in [1.807, 2.05) is 13.8 Å². The van der Waals surface area contributed by atoms with Crippen LogP contribution in [0.1, 0.15) is 54.2 Å². The molecule has 0 aliphatic carbocycles. The van der Waals surface area contributed by atoms with Crippen LogP contribution in [0.3, 0.4) is 0 Å². The number of nitrogens with zero attached hydrogens (tertiary/aromatic N) is 1. The molecule has 1 saturated heterocycles. The van der Waals surface area contributed by atoms with E-state index in [-0.39, 0.29) is 31.2 Å². The van der Waals surface area contributed by atoms with Crippen LogP contribution in [0.25, 0.3) is 0 Å². The lowest BCUT2D eigenvalue weighted by molar-refractivity contribution is -0.0142. The molecule has 1 aromatic heterocycles. The molecule has 1 aliphatic rings. The molecule has 1 aliphatic heterocycles. The van der Waals surface area contributed by atoms with E-state index < -0.39 is 5.69 Å². The first-order valence-electron chi connectivity index (χ1n) is 6.58. The van der Waals surface area contributed by atoms with E-state index in [1.54, 1.807) is 0 Å². The molecule has 3 unspecified atom stereocenters. The fourth-order valence-electron chi connectivity index (χ4n) is 2.15. The first-order chi connectivity index (χ1) is 8.61. The third kappa shape index (κ3) is 4.06. The maximum atomic E-state index is 11.6. The minimum absolute atomic E-state index is 0. The van der Waals surface area contributed by atoms with Gasteiger partial charge in [-0.15, -0.1) is 0 Å². The Labute approximate surface area is 114 Å². The Balaban J connectivity index is 0.00000103. The molecule has 0 bridgehead atoms. The van der Waals surface area contributed by atoms with Crippen LogP contribution < -0.4 is 11.2 Å². The maximum Gasteiger partial charge on any atom is 0.330 e. The number of ether oxygens (including phenoxy) is 1. The molecule has 5 heteroatoms. The number of H-pyrrole nitrogens is 1. The van der Waals surface area contributed by atoms with Crippen LogP contribution in [0.2, 0.25) is 0 Å². The maximum absolute atomic E-state index is 11.6. The zero-order chi connectivity index (χ0) is 13.7.